The number of anilines is 3. The first kappa shape index (κ1) is 14.6. The van der Waals surface area contributed by atoms with Crippen LogP contribution in [0.4, 0.5) is 21.7 Å². The van der Waals surface area contributed by atoms with Gasteiger partial charge in [0, 0.05) is 11.8 Å². The van der Waals surface area contributed by atoms with E-state index in [0.717, 1.165) is 0 Å². The molecule has 0 atom stereocenters. The summed E-state index contributed by atoms with van der Waals surface area (Å²) in [5.41, 5.74) is 0.606. The van der Waals surface area contributed by atoms with E-state index in [1.54, 1.807) is 13.0 Å². The number of hydrogen-bond acceptors (Lipinski definition) is 6. The zero-order valence-corrected chi connectivity index (χ0v) is 12.1. The average Bonchev–Trinajstić information content (AvgIpc) is 2.95. The molecule has 0 unspecified atom stereocenters. The van der Waals surface area contributed by atoms with Crippen LogP contribution in [-0.2, 0) is 0 Å². The highest BCUT2D eigenvalue weighted by atomic mass is 19.1. The monoisotopic (exact) mass is 313 g/mol. The number of nitrogens with one attached hydrogen (secondary N) is 2. The van der Waals surface area contributed by atoms with Gasteiger partial charge in [0.25, 0.3) is 5.91 Å². The van der Waals surface area contributed by atoms with Crippen LogP contribution in [0.2, 0.25) is 0 Å². The molecule has 0 fully saturated rings. The molecule has 0 aliphatic carbocycles. The van der Waals surface area contributed by atoms with Crippen molar-refractivity contribution in [2.45, 2.75) is 6.92 Å². The lowest BCUT2D eigenvalue weighted by Crippen LogP contribution is -2.14. The Bertz CT molecular complexity index is 815. The number of rotatable bonds is 4. The van der Waals surface area contributed by atoms with E-state index in [0.29, 0.717) is 23.1 Å². The van der Waals surface area contributed by atoms with Crippen LogP contribution in [0.25, 0.3) is 0 Å². The van der Waals surface area contributed by atoms with Gasteiger partial charge in [0.1, 0.15) is 23.1 Å². The summed E-state index contributed by atoms with van der Waals surface area (Å²) in [7, 11) is 0. The molecule has 3 rings (SSSR count). The van der Waals surface area contributed by atoms with Crippen LogP contribution < -0.4 is 10.6 Å². The third kappa shape index (κ3) is 3.67. The topological polar surface area (TPSA) is 92.9 Å². The van der Waals surface area contributed by atoms with Crippen molar-refractivity contribution in [2.75, 3.05) is 10.6 Å². The Balaban J connectivity index is 1.66. The number of carbonyl (C=O) groups is 1. The van der Waals surface area contributed by atoms with E-state index in [9.17, 15) is 9.18 Å². The number of amides is 1. The molecule has 23 heavy (non-hydrogen) atoms. The number of aromatic nitrogens is 3. The Morgan fingerprint density at radius 3 is 2.52 bits per heavy atom. The third-order valence-corrected chi connectivity index (χ3v) is 2.87. The third-order valence-electron chi connectivity index (χ3n) is 2.87. The van der Waals surface area contributed by atoms with Gasteiger partial charge >= 0.3 is 0 Å². The Labute approximate surface area is 130 Å². The molecular weight excluding hydrogens is 301 g/mol. The second-order valence-electron chi connectivity index (χ2n) is 4.70. The van der Waals surface area contributed by atoms with Crippen molar-refractivity contribution in [2.24, 2.45) is 0 Å². The summed E-state index contributed by atoms with van der Waals surface area (Å²) < 4.78 is 17.7. The molecule has 2 aromatic heterocycles. The molecule has 1 amide bonds. The van der Waals surface area contributed by atoms with Crippen LogP contribution in [-0.4, -0.2) is 21.0 Å². The van der Waals surface area contributed by atoms with Crippen LogP contribution in [0.1, 0.15) is 16.2 Å². The molecule has 2 N–H and O–H groups in total. The zero-order chi connectivity index (χ0) is 16.2. The highest BCUT2D eigenvalue weighted by Gasteiger charge is 2.09. The summed E-state index contributed by atoms with van der Waals surface area (Å²) in [6.07, 6.45) is 2.73. The molecule has 2 heterocycles. The summed E-state index contributed by atoms with van der Waals surface area (Å²) in [5.74, 6) is 0.780. The second-order valence-corrected chi connectivity index (χ2v) is 4.70. The summed E-state index contributed by atoms with van der Waals surface area (Å²) in [4.78, 5) is 20.1. The average molecular weight is 313 g/mol. The van der Waals surface area contributed by atoms with E-state index in [-0.39, 0.29) is 11.5 Å². The van der Waals surface area contributed by atoms with Crippen molar-refractivity contribution in [1.29, 1.82) is 0 Å². The number of hydrogen-bond donors (Lipinski definition) is 2. The minimum Gasteiger partial charge on any atom is -0.360 e. The molecule has 0 aliphatic rings. The molecule has 0 radical (unpaired) electrons. The van der Waals surface area contributed by atoms with Gasteiger partial charge in [-0.25, -0.2) is 14.4 Å². The maximum Gasteiger partial charge on any atom is 0.275 e. The first-order valence-corrected chi connectivity index (χ1v) is 6.69. The lowest BCUT2D eigenvalue weighted by molar-refractivity contribution is 0.102. The van der Waals surface area contributed by atoms with Crippen LogP contribution in [0.3, 0.4) is 0 Å². The molecule has 1 aromatic carbocycles. The zero-order valence-electron chi connectivity index (χ0n) is 12.1. The normalized spacial score (nSPS) is 10.3. The molecule has 0 saturated carbocycles. The first-order valence-electron chi connectivity index (χ1n) is 6.69. The molecular formula is C15H12FN5O2. The Kier molecular flexibility index (Phi) is 3.96. The molecule has 116 valence electrons. The van der Waals surface area contributed by atoms with Crippen molar-refractivity contribution in [3.63, 3.8) is 0 Å². The minimum absolute atomic E-state index is 0.135. The van der Waals surface area contributed by atoms with Gasteiger partial charge in [-0.15, -0.1) is 0 Å². The minimum atomic E-state index is -0.437. The van der Waals surface area contributed by atoms with E-state index in [1.165, 1.54) is 36.7 Å². The van der Waals surface area contributed by atoms with Gasteiger partial charge in [0.15, 0.2) is 5.82 Å². The highest BCUT2D eigenvalue weighted by molar-refractivity contribution is 6.02. The Hall–Kier alpha value is -3.29. The maximum absolute atomic E-state index is 12.8. The number of halogens is 1. The Morgan fingerprint density at radius 1 is 1.13 bits per heavy atom. The van der Waals surface area contributed by atoms with E-state index >= 15 is 0 Å². The molecule has 0 spiro atoms. The lowest BCUT2D eigenvalue weighted by atomic mass is 10.3. The van der Waals surface area contributed by atoms with Gasteiger partial charge < -0.3 is 15.2 Å². The number of benzene rings is 1. The SMILES string of the molecule is Cc1cc(Nc2cnc(C(=O)Nc3ccc(F)cc3)cn2)no1. The fraction of sp³-hybridized carbons (Fsp3) is 0.0667. The van der Waals surface area contributed by atoms with Crippen molar-refractivity contribution in [1.82, 2.24) is 15.1 Å². The van der Waals surface area contributed by atoms with Gasteiger partial charge in [-0.2, -0.15) is 0 Å². The predicted octanol–water partition coefficient (Wildman–Crippen LogP) is 2.91. The molecule has 0 bridgehead atoms. The summed E-state index contributed by atoms with van der Waals surface area (Å²) in [5, 5.41) is 9.26. The van der Waals surface area contributed by atoms with Crippen molar-refractivity contribution < 1.29 is 13.7 Å². The molecule has 3 aromatic rings. The number of carbonyl (C=O) groups excluding carboxylic acids is 1. The largest absolute Gasteiger partial charge is 0.360 e. The van der Waals surface area contributed by atoms with E-state index < -0.39 is 5.91 Å². The van der Waals surface area contributed by atoms with E-state index in [1.807, 2.05) is 0 Å². The maximum atomic E-state index is 12.8. The molecule has 0 saturated heterocycles. The summed E-state index contributed by atoms with van der Waals surface area (Å²) in [6.45, 7) is 1.77. The lowest BCUT2D eigenvalue weighted by Gasteiger charge is -2.05. The quantitative estimate of drug-likeness (QED) is 0.769. The van der Waals surface area contributed by atoms with Gasteiger partial charge in [-0.1, -0.05) is 5.16 Å². The van der Waals surface area contributed by atoms with Gasteiger partial charge in [0.05, 0.1) is 12.4 Å². The van der Waals surface area contributed by atoms with Crippen LogP contribution >= 0.6 is 0 Å². The fourth-order valence-electron chi connectivity index (χ4n) is 1.79. The number of aryl methyl sites for hydroxylation is 1. The molecule has 7 nitrogen and oxygen atoms in total. The molecule has 8 heteroatoms. The summed E-state index contributed by atoms with van der Waals surface area (Å²) in [6, 6.07) is 7.15. The predicted molar refractivity (Wildman–Crippen MR) is 80.9 cm³/mol. The van der Waals surface area contributed by atoms with Crippen molar-refractivity contribution in [3.05, 3.63) is 60.0 Å². The smallest absolute Gasteiger partial charge is 0.275 e. The summed E-state index contributed by atoms with van der Waals surface area (Å²) >= 11 is 0. The van der Waals surface area contributed by atoms with Crippen LogP contribution in [0.15, 0.2) is 47.2 Å². The highest BCUT2D eigenvalue weighted by Crippen LogP contribution is 2.14. The Morgan fingerprint density at radius 2 is 1.91 bits per heavy atom. The molecule has 0 aliphatic heterocycles. The van der Waals surface area contributed by atoms with Gasteiger partial charge in [0.2, 0.25) is 0 Å². The van der Waals surface area contributed by atoms with E-state index in [2.05, 4.69) is 25.8 Å². The van der Waals surface area contributed by atoms with E-state index in [4.69, 9.17) is 4.52 Å². The second kappa shape index (κ2) is 6.22. The fourth-order valence-corrected chi connectivity index (χ4v) is 1.79. The van der Waals surface area contributed by atoms with Crippen LogP contribution in [0, 0.1) is 12.7 Å². The number of nitrogens with zero attached hydrogens (tertiary/aromatic N) is 3. The van der Waals surface area contributed by atoms with Crippen molar-refractivity contribution >= 4 is 23.2 Å². The standard InChI is InChI=1S/C15H12FN5O2/c1-9-6-13(21-23-9)20-14-8-17-12(7-18-14)15(22)19-11-4-2-10(16)3-5-11/h2-8H,1H3,(H,19,22)(H,18,20,21). The first-order chi connectivity index (χ1) is 11.1. The van der Waals surface area contributed by atoms with Crippen molar-refractivity contribution in [3.8, 4) is 0 Å². The van der Waals surface area contributed by atoms with Crippen LogP contribution in [0.5, 0.6) is 0 Å². The van der Waals surface area contributed by atoms with Gasteiger partial charge in [-0.3, -0.25) is 4.79 Å². The van der Waals surface area contributed by atoms with Gasteiger partial charge in [-0.05, 0) is 31.2 Å².